The van der Waals surface area contributed by atoms with E-state index in [9.17, 15) is 4.39 Å². The largest absolute Gasteiger partial charge is 0.462 e. The standard InChI is InChI=1S/C13H8FIN2O/c14-10-5-8(15)1-2-11(10)17-12-7-18-13-3-4-16-6-9(12)13/h1-7,17H. The zero-order valence-corrected chi connectivity index (χ0v) is 11.3. The van der Waals surface area contributed by atoms with Crippen LogP contribution in [0.25, 0.3) is 11.0 Å². The minimum atomic E-state index is -0.292. The third-order valence-electron chi connectivity index (χ3n) is 2.58. The second-order valence-electron chi connectivity index (χ2n) is 3.77. The number of pyridine rings is 1. The average molecular weight is 354 g/mol. The zero-order valence-electron chi connectivity index (χ0n) is 9.15. The Balaban J connectivity index is 2.01. The third-order valence-corrected chi connectivity index (χ3v) is 3.25. The lowest BCUT2D eigenvalue weighted by Gasteiger charge is -2.05. The molecule has 0 radical (unpaired) electrons. The first-order valence-electron chi connectivity index (χ1n) is 5.27. The van der Waals surface area contributed by atoms with Gasteiger partial charge in [-0.25, -0.2) is 4.39 Å². The number of fused-ring (bicyclic) bond motifs is 1. The molecule has 1 aromatic carbocycles. The first-order chi connectivity index (χ1) is 8.74. The van der Waals surface area contributed by atoms with E-state index in [1.807, 2.05) is 6.07 Å². The van der Waals surface area contributed by atoms with Gasteiger partial charge in [0.2, 0.25) is 0 Å². The lowest BCUT2D eigenvalue weighted by Crippen LogP contribution is -1.93. The monoisotopic (exact) mass is 354 g/mol. The molecule has 90 valence electrons. The number of nitrogens with one attached hydrogen (secondary N) is 1. The molecular formula is C13H8FIN2O. The summed E-state index contributed by atoms with van der Waals surface area (Å²) in [4.78, 5) is 4.03. The molecule has 0 saturated heterocycles. The van der Waals surface area contributed by atoms with Crippen LogP contribution < -0.4 is 5.32 Å². The van der Waals surface area contributed by atoms with Crippen LogP contribution >= 0.6 is 22.6 Å². The van der Waals surface area contributed by atoms with Crippen molar-refractivity contribution in [3.8, 4) is 0 Å². The Morgan fingerprint density at radius 1 is 1.22 bits per heavy atom. The van der Waals surface area contributed by atoms with Crippen molar-refractivity contribution in [1.29, 1.82) is 0 Å². The topological polar surface area (TPSA) is 38.1 Å². The molecule has 3 rings (SSSR count). The third kappa shape index (κ3) is 2.05. The van der Waals surface area contributed by atoms with Gasteiger partial charge in [-0.2, -0.15) is 0 Å². The van der Waals surface area contributed by atoms with E-state index in [1.165, 1.54) is 6.07 Å². The number of anilines is 2. The molecule has 0 spiro atoms. The predicted octanol–water partition coefficient (Wildman–Crippen LogP) is 4.32. The van der Waals surface area contributed by atoms with Gasteiger partial charge in [-0.15, -0.1) is 0 Å². The van der Waals surface area contributed by atoms with Crippen molar-refractivity contribution in [3.63, 3.8) is 0 Å². The van der Waals surface area contributed by atoms with Gasteiger partial charge in [0.15, 0.2) is 0 Å². The number of hydrogen-bond donors (Lipinski definition) is 1. The van der Waals surface area contributed by atoms with E-state index in [2.05, 4.69) is 32.9 Å². The maximum Gasteiger partial charge on any atom is 0.147 e. The van der Waals surface area contributed by atoms with Crippen LogP contribution in [0.15, 0.2) is 47.3 Å². The molecule has 0 aliphatic carbocycles. The molecule has 0 saturated carbocycles. The van der Waals surface area contributed by atoms with Gasteiger partial charge in [0.05, 0.1) is 16.8 Å². The summed E-state index contributed by atoms with van der Waals surface area (Å²) < 4.78 is 19.9. The molecule has 2 heterocycles. The summed E-state index contributed by atoms with van der Waals surface area (Å²) in [5, 5.41) is 3.84. The van der Waals surface area contributed by atoms with Crippen LogP contribution in [-0.2, 0) is 0 Å². The van der Waals surface area contributed by atoms with Crippen LogP contribution in [0.4, 0.5) is 15.8 Å². The molecule has 3 nitrogen and oxygen atoms in total. The molecule has 0 aliphatic heterocycles. The van der Waals surface area contributed by atoms with Gasteiger partial charge in [0.1, 0.15) is 17.7 Å². The lowest BCUT2D eigenvalue weighted by molar-refractivity contribution is 0.616. The number of hydrogen-bond acceptors (Lipinski definition) is 3. The summed E-state index contributed by atoms with van der Waals surface area (Å²) in [5.74, 6) is -0.292. The second-order valence-corrected chi connectivity index (χ2v) is 5.02. The highest BCUT2D eigenvalue weighted by molar-refractivity contribution is 14.1. The molecule has 1 N–H and O–H groups in total. The van der Waals surface area contributed by atoms with Gasteiger partial charge in [-0.3, -0.25) is 4.98 Å². The molecule has 0 bridgehead atoms. The van der Waals surface area contributed by atoms with Crippen molar-refractivity contribution in [2.45, 2.75) is 0 Å². The molecule has 2 aromatic heterocycles. The van der Waals surface area contributed by atoms with Gasteiger partial charge in [-0.05, 0) is 46.9 Å². The molecule has 0 aliphatic rings. The van der Waals surface area contributed by atoms with Crippen molar-refractivity contribution >= 4 is 44.9 Å². The molecule has 0 amide bonds. The van der Waals surface area contributed by atoms with Crippen molar-refractivity contribution in [1.82, 2.24) is 4.98 Å². The molecular weight excluding hydrogens is 346 g/mol. The summed E-state index contributed by atoms with van der Waals surface area (Å²) in [6.45, 7) is 0. The van der Waals surface area contributed by atoms with E-state index in [1.54, 1.807) is 30.8 Å². The van der Waals surface area contributed by atoms with E-state index in [-0.39, 0.29) is 5.82 Å². The van der Waals surface area contributed by atoms with Crippen molar-refractivity contribution in [2.75, 3.05) is 5.32 Å². The fourth-order valence-corrected chi connectivity index (χ4v) is 2.16. The Kier molecular flexibility index (Phi) is 2.91. The predicted molar refractivity (Wildman–Crippen MR) is 76.4 cm³/mol. The fraction of sp³-hybridized carbons (Fsp3) is 0. The molecule has 0 fully saturated rings. The van der Waals surface area contributed by atoms with Crippen LogP contribution in [0.5, 0.6) is 0 Å². The molecule has 5 heteroatoms. The summed E-state index contributed by atoms with van der Waals surface area (Å²) >= 11 is 2.07. The Hall–Kier alpha value is -1.63. The van der Waals surface area contributed by atoms with E-state index in [0.29, 0.717) is 11.4 Å². The molecule has 0 atom stereocenters. The minimum absolute atomic E-state index is 0.292. The maximum atomic E-state index is 13.7. The number of nitrogens with zero attached hydrogens (tertiary/aromatic N) is 1. The first-order valence-corrected chi connectivity index (χ1v) is 6.35. The number of aromatic nitrogens is 1. The van der Waals surface area contributed by atoms with Crippen molar-refractivity contribution in [3.05, 3.63) is 52.3 Å². The highest BCUT2D eigenvalue weighted by Gasteiger charge is 2.08. The molecule has 3 aromatic rings. The second kappa shape index (κ2) is 4.56. The van der Waals surface area contributed by atoms with E-state index >= 15 is 0 Å². The lowest BCUT2D eigenvalue weighted by atomic mass is 10.2. The molecule has 0 unspecified atom stereocenters. The Morgan fingerprint density at radius 3 is 2.94 bits per heavy atom. The van der Waals surface area contributed by atoms with Gasteiger partial charge in [-0.1, -0.05) is 0 Å². The first kappa shape index (κ1) is 11.5. The molecule has 18 heavy (non-hydrogen) atoms. The quantitative estimate of drug-likeness (QED) is 0.697. The Morgan fingerprint density at radius 2 is 2.11 bits per heavy atom. The summed E-state index contributed by atoms with van der Waals surface area (Å²) in [7, 11) is 0. The van der Waals surface area contributed by atoms with Crippen LogP contribution in [0, 0.1) is 9.39 Å². The summed E-state index contributed by atoms with van der Waals surface area (Å²) in [6, 6.07) is 6.78. The van der Waals surface area contributed by atoms with E-state index in [0.717, 1.165) is 14.5 Å². The fourth-order valence-electron chi connectivity index (χ4n) is 1.71. The van der Waals surface area contributed by atoms with Crippen LogP contribution in [0.1, 0.15) is 0 Å². The average Bonchev–Trinajstić information content (AvgIpc) is 2.76. The normalized spacial score (nSPS) is 10.8. The number of furan rings is 1. The van der Waals surface area contributed by atoms with Crippen LogP contribution in [-0.4, -0.2) is 4.98 Å². The summed E-state index contributed by atoms with van der Waals surface area (Å²) in [6.07, 6.45) is 4.90. The van der Waals surface area contributed by atoms with Crippen molar-refractivity contribution in [2.24, 2.45) is 0 Å². The Labute approximate surface area is 116 Å². The number of halogens is 2. The van der Waals surface area contributed by atoms with Crippen molar-refractivity contribution < 1.29 is 8.81 Å². The SMILES string of the molecule is Fc1cc(I)ccc1Nc1coc2ccncc12. The number of benzene rings is 1. The van der Waals surface area contributed by atoms with E-state index in [4.69, 9.17) is 4.42 Å². The van der Waals surface area contributed by atoms with Gasteiger partial charge >= 0.3 is 0 Å². The minimum Gasteiger partial charge on any atom is -0.462 e. The van der Waals surface area contributed by atoms with Crippen LogP contribution in [0.3, 0.4) is 0 Å². The number of rotatable bonds is 2. The smallest absolute Gasteiger partial charge is 0.147 e. The zero-order chi connectivity index (χ0) is 12.5. The van der Waals surface area contributed by atoms with Gasteiger partial charge < -0.3 is 9.73 Å². The van der Waals surface area contributed by atoms with Gasteiger partial charge in [0, 0.05) is 16.0 Å². The maximum absolute atomic E-state index is 13.7. The highest BCUT2D eigenvalue weighted by atomic mass is 127. The van der Waals surface area contributed by atoms with Gasteiger partial charge in [0.25, 0.3) is 0 Å². The summed E-state index contributed by atoms with van der Waals surface area (Å²) in [5.41, 5.74) is 1.85. The van der Waals surface area contributed by atoms with Crippen LogP contribution in [0.2, 0.25) is 0 Å². The van der Waals surface area contributed by atoms with E-state index < -0.39 is 0 Å². The Bertz CT molecular complexity index is 711. The highest BCUT2D eigenvalue weighted by Crippen LogP contribution is 2.29.